The number of anilines is 2. The Hall–Kier alpha value is -4.06. The average molecular weight is 298 g/mol. The number of aromatic amines is 2. The molecule has 0 aliphatic rings. The number of aromatic nitrogens is 6. The van der Waals surface area contributed by atoms with Crippen LogP contribution in [0.5, 0.6) is 0 Å². The maximum atomic E-state index is 5.57. The number of guanidine groups is 2. The van der Waals surface area contributed by atoms with Gasteiger partial charge in [-0.25, -0.2) is 10.2 Å². The van der Waals surface area contributed by atoms with Crippen molar-refractivity contribution in [1.29, 1.82) is 0 Å². The lowest BCUT2D eigenvalue weighted by molar-refractivity contribution is 1.07. The monoisotopic (exact) mass is 298 g/mol. The van der Waals surface area contributed by atoms with Crippen LogP contribution in [0.1, 0.15) is 11.6 Å². The van der Waals surface area contributed by atoms with E-state index in [-0.39, 0.29) is 35.5 Å². The van der Waals surface area contributed by atoms with Crippen molar-refractivity contribution in [2.24, 2.45) is 21.7 Å². The summed E-state index contributed by atoms with van der Waals surface area (Å²) in [5.74, 6) is 5.08. The standard InChI is InChI=1S/C10H10N12/c1-3-5-13-9(21-17-5)15-7(11)19-20-8(12)16-10-14-6(4-2)18-22-10/h1-2H,(H4,11,13,15,17,19,21)(H4,12,14,16,18,20,22). The van der Waals surface area contributed by atoms with E-state index in [9.17, 15) is 0 Å². The van der Waals surface area contributed by atoms with Gasteiger partial charge in [0.1, 0.15) is 0 Å². The van der Waals surface area contributed by atoms with Crippen LogP contribution in [0.4, 0.5) is 11.9 Å². The molecular weight excluding hydrogens is 288 g/mol. The van der Waals surface area contributed by atoms with Gasteiger partial charge in [0.2, 0.25) is 35.5 Å². The molecule has 12 heteroatoms. The van der Waals surface area contributed by atoms with Crippen molar-refractivity contribution >= 4 is 23.8 Å². The van der Waals surface area contributed by atoms with Crippen LogP contribution in [0.2, 0.25) is 0 Å². The zero-order valence-electron chi connectivity index (χ0n) is 11.0. The highest BCUT2D eigenvalue weighted by atomic mass is 15.4. The Morgan fingerprint density at radius 1 is 0.909 bits per heavy atom. The summed E-state index contributed by atoms with van der Waals surface area (Å²) in [7, 11) is 0. The Labute approximate surface area is 123 Å². The number of H-pyrrole nitrogens is 2. The first-order chi connectivity index (χ1) is 10.6. The Morgan fingerprint density at radius 2 is 1.32 bits per heavy atom. The second-order valence-electron chi connectivity index (χ2n) is 3.52. The molecule has 0 saturated carbocycles. The highest BCUT2D eigenvalue weighted by molar-refractivity contribution is 5.93. The van der Waals surface area contributed by atoms with Gasteiger partial charge < -0.3 is 11.5 Å². The number of terminal acetylenes is 2. The third kappa shape index (κ3) is 3.72. The van der Waals surface area contributed by atoms with Crippen molar-refractivity contribution in [2.75, 3.05) is 10.6 Å². The molecule has 0 amide bonds. The summed E-state index contributed by atoms with van der Waals surface area (Å²) in [6.45, 7) is 0. The third-order valence-corrected chi connectivity index (χ3v) is 1.99. The largest absolute Gasteiger partial charge is 0.368 e. The minimum absolute atomic E-state index is 0.0913. The summed E-state index contributed by atoms with van der Waals surface area (Å²) in [5, 5.41) is 24.8. The minimum atomic E-state index is -0.0913. The van der Waals surface area contributed by atoms with E-state index in [1.165, 1.54) is 0 Å². The molecule has 2 heterocycles. The van der Waals surface area contributed by atoms with Crippen LogP contribution in [-0.2, 0) is 0 Å². The van der Waals surface area contributed by atoms with Gasteiger partial charge >= 0.3 is 0 Å². The van der Waals surface area contributed by atoms with Gasteiger partial charge in [0.05, 0.1) is 0 Å². The third-order valence-electron chi connectivity index (χ3n) is 1.99. The number of nitrogens with two attached hydrogens (primary N) is 2. The van der Waals surface area contributed by atoms with Crippen molar-refractivity contribution in [3.63, 3.8) is 0 Å². The SMILES string of the molecule is C#Cc1n[nH]c(N/C(N)=N/N=C(\N)Nc2nc(C#C)n[nH]2)n1. The number of nitrogens with zero attached hydrogens (tertiary/aromatic N) is 6. The molecule has 8 N–H and O–H groups in total. The molecule has 110 valence electrons. The molecule has 0 bridgehead atoms. The minimum Gasteiger partial charge on any atom is -0.368 e. The van der Waals surface area contributed by atoms with Gasteiger partial charge in [-0.05, 0) is 11.8 Å². The molecule has 0 spiro atoms. The van der Waals surface area contributed by atoms with Crippen LogP contribution >= 0.6 is 0 Å². The molecule has 0 aromatic carbocycles. The van der Waals surface area contributed by atoms with Gasteiger partial charge in [-0.15, -0.1) is 33.2 Å². The molecule has 0 saturated heterocycles. The zero-order valence-corrected chi connectivity index (χ0v) is 11.0. The van der Waals surface area contributed by atoms with E-state index in [4.69, 9.17) is 24.3 Å². The second kappa shape index (κ2) is 6.40. The molecule has 0 unspecified atom stereocenters. The van der Waals surface area contributed by atoms with E-state index in [0.29, 0.717) is 0 Å². The Kier molecular flexibility index (Phi) is 4.17. The number of hydrogen-bond donors (Lipinski definition) is 6. The van der Waals surface area contributed by atoms with E-state index >= 15 is 0 Å². The first-order valence-electron chi connectivity index (χ1n) is 5.59. The average Bonchev–Trinajstić information content (AvgIpc) is 3.14. The molecule has 0 aliphatic heterocycles. The molecule has 2 aromatic heterocycles. The van der Waals surface area contributed by atoms with Gasteiger partial charge in [0.25, 0.3) is 0 Å². The van der Waals surface area contributed by atoms with E-state index in [1.54, 1.807) is 0 Å². The maximum absolute atomic E-state index is 5.57. The topological polar surface area (TPSA) is 184 Å². The molecule has 2 aromatic rings. The first-order valence-corrected chi connectivity index (χ1v) is 5.59. The van der Waals surface area contributed by atoms with E-state index in [2.05, 4.69) is 63.0 Å². The van der Waals surface area contributed by atoms with Gasteiger partial charge in [-0.3, -0.25) is 10.6 Å². The van der Waals surface area contributed by atoms with Crippen LogP contribution in [-0.4, -0.2) is 42.3 Å². The molecule has 0 radical (unpaired) electrons. The van der Waals surface area contributed by atoms with E-state index in [1.807, 2.05) is 0 Å². The van der Waals surface area contributed by atoms with Crippen molar-refractivity contribution in [3.8, 4) is 24.7 Å². The number of hydrogen-bond acceptors (Lipinski definition) is 6. The van der Waals surface area contributed by atoms with Crippen molar-refractivity contribution < 1.29 is 0 Å². The lowest BCUT2D eigenvalue weighted by Gasteiger charge is -2.00. The normalized spacial score (nSPS) is 11.5. The van der Waals surface area contributed by atoms with Crippen molar-refractivity contribution in [2.45, 2.75) is 0 Å². The second-order valence-corrected chi connectivity index (χ2v) is 3.52. The Balaban J connectivity index is 1.96. The predicted molar refractivity (Wildman–Crippen MR) is 79.1 cm³/mol. The van der Waals surface area contributed by atoms with Crippen LogP contribution in [0, 0.1) is 24.7 Å². The number of rotatable bonds is 3. The summed E-state index contributed by atoms with van der Waals surface area (Å²) in [4.78, 5) is 7.73. The Morgan fingerprint density at radius 3 is 1.64 bits per heavy atom. The van der Waals surface area contributed by atoms with Crippen LogP contribution in [0.25, 0.3) is 0 Å². The van der Waals surface area contributed by atoms with E-state index in [0.717, 1.165) is 0 Å². The van der Waals surface area contributed by atoms with Crippen molar-refractivity contribution in [1.82, 2.24) is 30.4 Å². The first kappa shape index (κ1) is 14.4. The lowest BCUT2D eigenvalue weighted by atomic mass is 10.7. The fourth-order valence-corrected chi connectivity index (χ4v) is 1.16. The summed E-state index contributed by atoms with van der Waals surface area (Å²) >= 11 is 0. The van der Waals surface area contributed by atoms with E-state index < -0.39 is 0 Å². The van der Waals surface area contributed by atoms with Gasteiger partial charge in [0.15, 0.2) is 0 Å². The molecule has 0 aliphatic carbocycles. The van der Waals surface area contributed by atoms with Gasteiger partial charge in [-0.1, -0.05) is 0 Å². The van der Waals surface area contributed by atoms with Crippen LogP contribution < -0.4 is 22.1 Å². The highest BCUT2D eigenvalue weighted by Crippen LogP contribution is 1.97. The summed E-state index contributed by atoms with van der Waals surface area (Å²) in [6.07, 6.45) is 10.2. The maximum Gasteiger partial charge on any atom is 0.226 e. The van der Waals surface area contributed by atoms with Gasteiger partial charge in [-0.2, -0.15) is 9.97 Å². The molecule has 22 heavy (non-hydrogen) atoms. The summed E-state index contributed by atoms with van der Waals surface area (Å²) < 4.78 is 0. The molecular formula is C10H10N12. The fourth-order valence-electron chi connectivity index (χ4n) is 1.16. The molecule has 0 atom stereocenters. The lowest BCUT2D eigenvalue weighted by Crippen LogP contribution is -2.25. The van der Waals surface area contributed by atoms with Crippen LogP contribution in [0.3, 0.4) is 0 Å². The summed E-state index contributed by atoms with van der Waals surface area (Å²) in [5.41, 5.74) is 11.1. The zero-order chi connectivity index (χ0) is 15.9. The molecule has 0 fully saturated rings. The number of nitrogens with one attached hydrogen (secondary N) is 4. The summed E-state index contributed by atoms with van der Waals surface area (Å²) in [6, 6.07) is 0. The quantitative estimate of drug-likeness (QED) is 0.162. The molecule has 2 rings (SSSR count). The smallest absolute Gasteiger partial charge is 0.226 e. The van der Waals surface area contributed by atoms with Crippen molar-refractivity contribution in [3.05, 3.63) is 11.6 Å². The molecule has 12 nitrogen and oxygen atoms in total. The van der Waals surface area contributed by atoms with Gasteiger partial charge in [0, 0.05) is 0 Å². The highest BCUT2D eigenvalue weighted by Gasteiger charge is 2.03. The van der Waals surface area contributed by atoms with Crippen LogP contribution in [0.15, 0.2) is 10.2 Å². The predicted octanol–water partition coefficient (Wildman–Crippen LogP) is -2.05. The Bertz CT molecular complexity index is 726. The fraction of sp³-hybridized carbons (Fsp3) is 0.